The molecule has 1 atom stereocenters. The molecule has 19 heavy (non-hydrogen) atoms. The van der Waals surface area contributed by atoms with Crippen molar-refractivity contribution >= 4 is 17.5 Å². The van der Waals surface area contributed by atoms with Crippen LogP contribution in [-0.4, -0.2) is 37.5 Å². The normalized spacial score (nSPS) is 19.5. The summed E-state index contributed by atoms with van der Waals surface area (Å²) < 4.78 is 0. The molecule has 2 rings (SSSR count). The molecule has 1 unspecified atom stereocenters. The Bertz CT molecular complexity index is 417. The average Bonchev–Trinajstić information content (AvgIpc) is 2.42. The predicted octanol–water partition coefficient (Wildman–Crippen LogP) is 2.34. The fourth-order valence-corrected chi connectivity index (χ4v) is 2.76. The van der Waals surface area contributed by atoms with Crippen molar-refractivity contribution in [2.24, 2.45) is 5.92 Å². The lowest BCUT2D eigenvalue weighted by Gasteiger charge is -2.32. The number of nitrogens with zero attached hydrogens (tertiary/aromatic N) is 1. The van der Waals surface area contributed by atoms with Crippen LogP contribution in [0.2, 0.25) is 5.02 Å². The second kappa shape index (κ2) is 6.92. The monoisotopic (exact) mass is 280 g/mol. The topological polar surface area (TPSA) is 32.3 Å². The van der Waals surface area contributed by atoms with Crippen molar-refractivity contribution in [1.29, 1.82) is 0 Å². The number of amides is 1. The highest BCUT2D eigenvalue weighted by Gasteiger charge is 2.22. The maximum atomic E-state index is 12.3. The van der Waals surface area contributed by atoms with Gasteiger partial charge in [-0.25, -0.2) is 0 Å². The third kappa shape index (κ3) is 4.22. The van der Waals surface area contributed by atoms with Gasteiger partial charge in [0.15, 0.2) is 0 Å². The van der Waals surface area contributed by atoms with Crippen LogP contribution in [0.15, 0.2) is 24.3 Å². The van der Waals surface area contributed by atoms with Crippen LogP contribution >= 0.6 is 11.6 Å². The molecule has 1 heterocycles. The molecule has 1 aliphatic heterocycles. The van der Waals surface area contributed by atoms with Crippen molar-refractivity contribution in [3.63, 3.8) is 0 Å². The zero-order valence-corrected chi connectivity index (χ0v) is 12.1. The Hall–Kier alpha value is -1.06. The zero-order valence-electron chi connectivity index (χ0n) is 11.4. The lowest BCUT2D eigenvalue weighted by atomic mass is 9.97. The fourth-order valence-electron chi connectivity index (χ4n) is 2.64. The van der Waals surface area contributed by atoms with E-state index in [0.717, 1.165) is 31.6 Å². The summed E-state index contributed by atoms with van der Waals surface area (Å²) in [6, 6.07) is 7.53. The highest BCUT2D eigenvalue weighted by atomic mass is 35.5. The molecule has 1 aliphatic rings. The number of nitrogens with one attached hydrogen (secondary N) is 1. The van der Waals surface area contributed by atoms with E-state index in [1.54, 1.807) is 0 Å². The molecule has 1 amide bonds. The lowest BCUT2D eigenvalue weighted by molar-refractivity contribution is -0.132. The summed E-state index contributed by atoms with van der Waals surface area (Å²) in [5, 5.41) is 3.91. The van der Waals surface area contributed by atoms with Gasteiger partial charge in [0.05, 0.1) is 6.42 Å². The number of benzene rings is 1. The summed E-state index contributed by atoms with van der Waals surface area (Å²) >= 11 is 5.85. The lowest BCUT2D eigenvalue weighted by Crippen LogP contribution is -2.43. The molecule has 0 radical (unpaired) electrons. The molecular weight excluding hydrogens is 260 g/mol. The van der Waals surface area contributed by atoms with Crippen molar-refractivity contribution in [3.05, 3.63) is 34.9 Å². The first kappa shape index (κ1) is 14.4. The van der Waals surface area contributed by atoms with Gasteiger partial charge in [-0.2, -0.15) is 0 Å². The van der Waals surface area contributed by atoms with Crippen LogP contribution in [0.3, 0.4) is 0 Å². The summed E-state index contributed by atoms with van der Waals surface area (Å²) in [5.41, 5.74) is 1.03. The van der Waals surface area contributed by atoms with Gasteiger partial charge in [0.1, 0.15) is 0 Å². The van der Waals surface area contributed by atoms with Crippen molar-refractivity contribution in [2.75, 3.05) is 26.7 Å². The summed E-state index contributed by atoms with van der Waals surface area (Å²) in [6.45, 7) is 2.77. The Morgan fingerprint density at radius 1 is 1.42 bits per heavy atom. The van der Waals surface area contributed by atoms with Crippen molar-refractivity contribution in [1.82, 2.24) is 10.2 Å². The van der Waals surface area contributed by atoms with E-state index in [2.05, 4.69) is 5.32 Å². The number of halogens is 1. The second-order valence-electron chi connectivity index (χ2n) is 5.21. The molecule has 1 aromatic carbocycles. The molecule has 1 fully saturated rings. The van der Waals surface area contributed by atoms with Crippen molar-refractivity contribution < 1.29 is 4.79 Å². The van der Waals surface area contributed by atoms with Crippen LogP contribution in [0.5, 0.6) is 0 Å². The average molecular weight is 281 g/mol. The highest BCUT2D eigenvalue weighted by Crippen LogP contribution is 2.17. The van der Waals surface area contributed by atoms with E-state index in [1.807, 2.05) is 36.2 Å². The Balaban J connectivity index is 1.90. The first-order valence-corrected chi connectivity index (χ1v) is 7.23. The number of carbonyl (C=O) groups excluding carboxylic acids is 1. The van der Waals surface area contributed by atoms with E-state index in [0.29, 0.717) is 17.4 Å². The van der Waals surface area contributed by atoms with Crippen LogP contribution in [0.4, 0.5) is 0 Å². The van der Waals surface area contributed by atoms with Gasteiger partial charge < -0.3 is 10.2 Å². The van der Waals surface area contributed by atoms with Gasteiger partial charge in [-0.15, -0.1) is 0 Å². The van der Waals surface area contributed by atoms with Crippen molar-refractivity contribution in [3.8, 4) is 0 Å². The van der Waals surface area contributed by atoms with Crippen LogP contribution in [0.25, 0.3) is 0 Å². The Labute approximate surface area is 119 Å². The smallest absolute Gasteiger partial charge is 0.226 e. The number of hydrogen-bond donors (Lipinski definition) is 1. The summed E-state index contributed by atoms with van der Waals surface area (Å²) in [5.74, 6) is 0.816. The van der Waals surface area contributed by atoms with Crippen LogP contribution in [-0.2, 0) is 11.2 Å². The van der Waals surface area contributed by atoms with Crippen LogP contribution < -0.4 is 5.32 Å². The first-order valence-electron chi connectivity index (χ1n) is 6.86. The largest absolute Gasteiger partial charge is 0.342 e. The van der Waals surface area contributed by atoms with Gasteiger partial charge in [-0.1, -0.05) is 23.7 Å². The molecule has 3 nitrogen and oxygen atoms in total. The first-order chi connectivity index (χ1) is 9.19. The molecule has 0 spiro atoms. The molecule has 0 aliphatic carbocycles. The predicted molar refractivity (Wildman–Crippen MR) is 78.4 cm³/mol. The second-order valence-corrected chi connectivity index (χ2v) is 5.65. The number of carbonyl (C=O) groups is 1. The molecule has 0 saturated carbocycles. The quantitative estimate of drug-likeness (QED) is 0.918. The zero-order chi connectivity index (χ0) is 13.7. The molecule has 1 saturated heterocycles. The number of hydrogen-bond acceptors (Lipinski definition) is 2. The fraction of sp³-hybridized carbons (Fsp3) is 0.533. The summed E-state index contributed by atoms with van der Waals surface area (Å²) in [7, 11) is 1.97. The van der Waals surface area contributed by atoms with Gasteiger partial charge in [0.25, 0.3) is 0 Å². The molecule has 0 aromatic heterocycles. The van der Waals surface area contributed by atoms with Crippen molar-refractivity contribution in [2.45, 2.75) is 19.3 Å². The minimum atomic E-state index is 0.225. The maximum Gasteiger partial charge on any atom is 0.226 e. The van der Waals surface area contributed by atoms with E-state index in [-0.39, 0.29) is 5.91 Å². The number of piperidine rings is 1. The number of likely N-dealkylation sites (tertiary alicyclic amines) is 1. The third-order valence-electron chi connectivity index (χ3n) is 3.63. The van der Waals surface area contributed by atoms with Gasteiger partial charge in [0, 0.05) is 18.1 Å². The molecule has 0 bridgehead atoms. The Morgan fingerprint density at radius 2 is 2.16 bits per heavy atom. The third-order valence-corrected chi connectivity index (χ3v) is 3.89. The molecule has 104 valence electrons. The van der Waals surface area contributed by atoms with Gasteiger partial charge in [-0.05, 0) is 50.0 Å². The van der Waals surface area contributed by atoms with Gasteiger partial charge in [0.2, 0.25) is 5.91 Å². The minimum Gasteiger partial charge on any atom is -0.342 e. The number of rotatable bonds is 4. The molecular formula is C15H21ClN2O. The molecule has 1 N–H and O–H groups in total. The van der Waals surface area contributed by atoms with Crippen LogP contribution in [0, 0.1) is 5.92 Å². The highest BCUT2D eigenvalue weighted by molar-refractivity contribution is 6.30. The summed E-state index contributed by atoms with van der Waals surface area (Å²) in [4.78, 5) is 14.3. The maximum absolute atomic E-state index is 12.3. The van der Waals surface area contributed by atoms with Crippen LogP contribution in [0.1, 0.15) is 18.4 Å². The van der Waals surface area contributed by atoms with E-state index >= 15 is 0 Å². The Morgan fingerprint density at radius 3 is 2.84 bits per heavy atom. The standard InChI is InChI=1S/C15H21ClN2O/c1-17-10-13-3-2-8-18(11-13)15(19)9-12-4-6-14(16)7-5-12/h4-7,13,17H,2-3,8-11H2,1H3. The van der Waals surface area contributed by atoms with Gasteiger partial charge >= 0.3 is 0 Å². The minimum absolute atomic E-state index is 0.225. The van der Waals surface area contributed by atoms with E-state index < -0.39 is 0 Å². The SMILES string of the molecule is CNCC1CCCN(C(=O)Cc2ccc(Cl)cc2)C1. The van der Waals surface area contributed by atoms with Gasteiger partial charge in [-0.3, -0.25) is 4.79 Å². The Kier molecular flexibility index (Phi) is 5.23. The van der Waals surface area contributed by atoms with E-state index in [1.165, 1.54) is 6.42 Å². The molecule has 1 aromatic rings. The summed E-state index contributed by atoms with van der Waals surface area (Å²) in [6.07, 6.45) is 2.80. The van der Waals surface area contributed by atoms with E-state index in [4.69, 9.17) is 11.6 Å². The molecule has 4 heteroatoms. The van der Waals surface area contributed by atoms with E-state index in [9.17, 15) is 4.79 Å².